The van der Waals surface area contributed by atoms with Gasteiger partial charge in [0, 0.05) is 20.2 Å². The fraction of sp³-hybridized carbons (Fsp3) is 0.500. The van der Waals surface area contributed by atoms with E-state index in [9.17, 15) is 0 Å². The van der Waals surface area contributed by atoms with E-state index in [0.717, 1.165) is 19.7 Å². The van der Waals surface area contributed by atoms with E-state index in [-0.39, 0.29) is 0 Å². The quantitative estimate of drug-likeness (QED) is 0.698. The molecule has 78 valence electrons. The summed E-state index contributed by atoms with van der Waals surface area (Å²) < 4.78 is 4.97. The maximum absolute atomic E-state index is 4.97. The van der Waals surface area contributed by atoms with Gasteiger partial charge in [0.15, 0.2) is 0 Å². The van der Waals surface area contributed by atoms with E-state index in [1.165, 1.54) is 5.56 Å². The molecule has 1 aromatic rings. The minimum atomic E-state index is 0.563. The van der Waals surface area contributed by atoms with Crippen molar-refractivity contribution < 1.29 is 4.74 Å². The summed E-state index contributed by atoms with van der Waals surface area (Å²) in [5.74, 6) is 0.563. The van der Waals surface area contributed by atoms with Crippen LogP contribution in [0.4, 0.5) is 0 Å². The Balaban J connectivity index is 2.25. The van der Waals surface area contributed by atoms with Crippen molar-refractivity contribution in [1.82, 2.24) is 5.32 Å². The maximum Gasteiger partial charge on any atom is 0.0587 e. The molecule has 1 atom stereocenters. The van der Waals surface area contributed by atoms with Crippen LogP contribution < -0.4 is 5.32 Å². The molecule has 0 aliphatic rings. The number of ether oxygens (including phenoxy) is 1. The number of methoxy groups -OCH3 is 1. The molecular formula is C12H19NO. The number of hydrogen-bond acceptors (Lipinski definition) is 2. The lowest BCUT2D eigenvalue weighted by molar-refractivity contribution is 0.199. The highest BCUT2D eigenvalue weighted by Gasteiger charge is 2.02. The molecule has 14 heavy (non-hydrogen) atoms. The molecule has 0 aliphatic carbocycles. The molecule has 1 N–H and O–H groups in total. The lowest BCUT2D eigenvalue weighted by atomic mass is 10.0. The Morgan fingerprint density at radius 1 is 1.29 bits per heavy atom. The van der Waals surface area contributed by atoms with E-state index < -0.39 is 0 Å². The number of rotatable bonds is 6. The topological polar surface area (TPSA) is 21.3 Å². The Labute approximate surface area is 86.3 Å². The van der Waals surface area contributed by atoms with E-state index in [2.05, 4.69) is 42.6 Å². The van der Waals surface area contributed by atoms with Crippen molar-refractivity contribution in [2.24, 2.45) is 0 Å². The average Bonchev–Trinajstić information content (AvgIpc) is 2.25. The Morgan fingerprint density at radius 2 is 2.00 bits per heavy atom. The predicted molar refractivity (Wildman–Crippen MR) is 59.6 cm³/mol. The molecular weight excluding hydrogens is 174 g/mol. The second-order valence-corrected chi connectivity index (χ2v) is 3.51. The normalized spacial score (nSPS) is 12.7. The number of hydrogen-bond donors (Lipinski definition) is 1. The second kappa shape index (κ2) is 6.57. The van der Waals surface area contributed by atoms with Crippen molar-refractivity contribution in [3.8, 4) is 0 Å². The van der Waals surface area contributed by atoms with E-state index >= 15 is 0 Å². The van der Waals surface area contributed by atoms with Crippen LogP contribution >= 0.6 is 0 Å². The first-order valence-corrected chi connectivity index (χ1v) is 5.09. The molecule has 0 bridgehead atoms. The Hall–Kier alpha value is -0.860. The fourth-order valence-corrected chi connectivity index (χ4v) is 1.39. The Morgan fingerprint density at radius 3 is 2.64 bits per heavy atom. The SMILES string of the molecule is COCCNCC(C)c1ccccc1. The van der Waals surface area contributed by atoms with Crippen molar-refractivity contribution in [2.75, 3.05) is 26.8 Å². The summed E-state index contributed by atoms with van der Waals surface area (Å²) in [6.45, 7) is 4.94. The van der Waals surface area contributed by atoms with E-state index in [1.807, 2.05) is 0 Å². The smallest absolute Gasteiger partial charge is 0.0587 e. The van der Waals surface area contributed by atoms with Gasteiger partial charge >= 0.3 is 0 Å². The first kappa shape index (κ1) is 11.2. The van der Waals surface area contributed by atoms with Gasteiger partial charge in [0.05, 0.1) is 6.61 Å². The van der Waals surface area contributed by atoms with Crippen LogP contribution in [0.25, 0.3) is 0 Å². The summed E-state index contributed by atoms with van der Waals surface area (Å²) in [6.07, 6.45) is 0. The van der Waals surface area contributed by atoms with Crippen LogP contribution in [0, 0.1) is 0 Å². The van der Waals surface area contributed by atoms with Crippen LogP contribution in [0.5, 0.6) is 0 Å². The van der Waals surface area contributed by atoms with Crippen LogP contribution in [0.3, 0.4) is 0 Å². The van der Waals surface area contributed by atoms with Crippen molar-refractivity contribution in [1.29, 1.82) is 0 Å². The number of benzene rings is 1. The highest BCUT2D eigenvalue weighted by molar-refractivity contribution is 5.18. The zero-order chi connectivity index (χ0) is 10.2. The van der Waals surface area contributed by atoms with Gasteiger partial charge in [-0.15, -0.1) is 0 Å². The molecule has 1 rings (SSSR count). The van der Waals surface area contributed by atoms with Gasteiger partial charge in [0.2, 0.25) is 0 Å². The Bertz CT molecular complexity index is 235. The van der Waals surface area contributed by atoms with Crippen LogP contribution in [-0.4, -0.2) is 26.8 Å². The van der Waals surface area contributed by atoms with E-state index in [0.29, 0.717) is 5.92 Å². The minimum Gasteiger partial charge on any atom is -0.383 e. The molecule has 1 aromatic carbocycles. The van der Waals surface area contributed by atoms with Gasteiger partial charge in [-0.3, -0.25) is 0 Å². The monoisotopic (exact) mass is 193 g/mol. The molecule has 0 aliphatic heterocycles. The summed E-state index contributed by atoms with van der Waals surface area (Å²) in [6, 6.07) is 10.6. The third-order valence-corrected chi connectivity index (χ3v) is 2.30. The molecule has 0 aromatic heterocycles. The van der Waals surface area contributed by atoms with E-state index in [1.54, 1.807) is 7.11 Å². The first-order valence-electron chi connectivity index (χ1n) is 5.09. The molecule has 0 radical (unpaired) electrons. The molecule has 1 unspecified atom stereocenters. The maximum atomic E-state index is 4.97. The zero-order valence-corrected chi connectivity index (χ0v) is 8.99. The molecule has 0 saturated heterocycles. The third-order valence-electron chi connectivity index (χ3n) is 2.30. The molecule has 0 heterocycles. The predicted octanol–water partition coefficient (Wildman–Crippen LogP) is 2.03. The molecule has 0 amide bonds. The molecule has 0 spiro atoms. The van der Waals surface area contributed by atoms with Gasteiger partial charge in [-0.1, -0.05) is 37.3 Å². The summed E-state index contributed by atoms with van der Waals surface area (Å²) >= 11 is 0. The zero-order valence-electron chi connectivity index (χ0n) is 8.99. The van der Waals surface area contributed by atoms with Crippen LogP contribution in [0.15, 0.2) is 30.3 Å². The summed E-state index contributed by atoms with van der Waals surface area (Å²) in [7, 11) is 1.72. The van der Waals surface area contributed by atoms with Gasteiger partial charge < -0.3 is 10.1 Å². The molecule has 2 nitrogen and oxygen atoms in total. The van der Waals surface area contributed by atoms with Crippen LogP contribution in [0.2, 0.25) is 0 Å². The van der Waals surface area contributed by atoms with Gasteiger partial charge in [-0.2, -0.15) is 0 Å². The summed E-state index contributed by atoms with van der Waals surface area (Å²) in [5.41, 5.74) is 1.39. The molecule has 0 saturated carbocycles. The van der Waals surface area contributed by atoms with Crippen molar-refractivity contribution in [2.45, 2.75) is 12.8 Å². The second-order valence-electron chi connectivity index (χ2n) is 3.51. The largest absolute Gasteiger partial charge is 0.383 e. The van der Waals surface area contributed by atoms with Crippen molar-refractivity contribution >= 4 is 0 Å². The highest BCUT2D eigenvalue weighted by atomic mass is 16.5. The fourth-order valence-electron chi connectivity index (χ4n) is 1.39. The summed E-state index contributed by atoms with van der Waals surface area (Å²) in [4.78, 5) is 0. The standard InChI is InChI=1S/C12H19NO/c1-11(10-13-8-9-14-2)12-6-4-3-5-7-12/h3-7,11,13H,8-10H2,1-2H3. The van der Waals surface area contributed by atoms with Gasteiger partial charge in [-0.05, 0) is 11.5 Å². The molecule has 2 heteroatoms. The van der Waals surface area contributed by atoms with Crippen LogP contribution in [0.1, 0.15) is 18.4 Å². The molecule has 0 fully saturated rings. The lowest BCUT2D eigenvalue weighted by Crippen LogP contribution is -2.23. The Kier molecular flexibility index (Phi) is 5.27. The number of nitrogens with one attached hydrogen (secondary N) is 1. The van der Waals surface area contributed by atoms with E-state index in [4.69, 9.17) is 4.74 Å². The highest BCUT2D eigenvalue weighted by Crippen LogP contribution is 2.12. The lowest BCUT2D eigenvalue weighted by Gasteiger charge is -2.12. The van der Waals surface area contributed by atoms with Gasteiger partial charge in [-0.25, -0.2) is 0 Å². The van der Waals surface area contributed by atoms with Crippen molar-refractivity contribution in [3.05, 3.63) is 35.9 Å². The first-order chi connectivity index (χ1) is 6.84. The van der Waals surface area contributed by atoms with Gasteiger partial charge in [0.1, 0.15) is 0 Å². The van der Waals surface area contributed by atoms with Crippen LogP contribution in [-0.2, 0) is 4.74 Å². The third kappa shape index (κ3) is 3.90. The summed E-state index contributed by atoms with van der Waals surface area (Å²) in [5, 5.41) is 3.36. The van der Waals surface area contributed by atoms with Crippen molar-refractivity contribution in [3.63, 3.8) is 0 Å². The van der Waals surface area contributed by atoms with Gasteiger partial charge in [0.25, 0.3) is 0 Å². The average molecular weight is 193 g/mol. The minimum absolute atomic E-state index is 0.563.